The summed E-state index contributed by atoms with van der Waals surface area (Å²) in [5.74, 6) is -0.443. The van der Waals surface area contributed by atoms with Crippen molar-refractivity contribution in [3.8, 4) is 0 Å². The number of carbonyl (C=O) groups is 2. The fraction of sp³-hybridized carbons (Fsp3) is 0.769. The Balaban J connectivity index is 2.08. The zero-order valence-electron chi connectivity index (χ0n) is 19.9. The molecule has 2 fully saturated rings. The van der Waals surface area contributed by atoms with Gasteiger partial charge in [0.15, 0.2) is 0 Å². The molecule has 0 unspecified atom stereocenters. The largest absolute Gasteiger partial charge is 0.463 e. The van der Waals surface area contributed by atoms with Crippen molar-refractivity contribution in [3.05, 3.63) is 24.3 Å². The zero-order valence-corrected chi connectivity index (χ0v) is 20.9. The van der Waals surface area contributed by atoms with Gasteiger partial charge < -0.3 is 9.47 Å². The standard InChI is InChI=1S/C26H44O4Si/c1-3-13-25(27)29-19-11-21-31(23-15-7-5-8-16-23,24-17-9-6-10-18-24)22-12-20-30-26(28)14-4-2/h3-4,13-14,23-24H,5-12,15-22H2,1-2H3. The lowest BCUT2D eigenvalue weighted by atomic mass is 9.99. The number of allylic oxidation sites excluding steroid dienone is 2. The van der Waals surface area contributed by atoms with Gasteiger partial charge in [0.05, 0.1) is 21.3 Å². The van der Waals surface area contributed by atoms with Gasteiger partial charge in [-0.05, 0) is 37.8 Å². The first-order valence-electron chi connectivity index (χ1n) is 12.7. The van der Waals surface area contributed by atoms with Crippen LogP contribution in [0.1, 0.15) is 90.9 Å². The number of hydrogen-bond acceptors (Lipinski definition) is 4. The van der Waals surface area contributed by atoms with Crippen molar-refractivity contribution in [2.24, 2.45) is 0 Å². The fourth-order valence-corrected chi connectivity index (χ4v) is 13.4. The van der Waals surface area contributed by atoms with E-state index in [1.807, 2.05) is 13.8 Å². The molecule has 0 heterocycles. The van der Waals surface area contributed by atoms with E-state index in [2.05, 4.69) is 0 Å². The lowest BCUT2D eigenvalue weighted by molar-refractivity contribution is -0.138. The van der Waals surface area contributed by atoms with Crippen molar-refractivity contribution in [1.82, 2.24) is 0 Å². The Morgan fingerprint density at radius 1 is 0.710 bits per heavy atom. The first kappa shape index (κ1) is 25.9. The minimum Gasteiger partial charge on any atom is -0.463 e. The molecule has 31 heavy (non-hydrogen) atoms. The van der Waals surface area contributed by atoms with Crippen LogP contribution in [0.3, 0.4) is 0 Å². The van der Waals surface area contributed by atoms with E-state index in [9.17, 15) is 9.59 Å². The van der Waals surface area contributed by atoms with Crippen LogP contribution in [0.2, 0.25) is 23.2 Å². The van der Waals surface area contributed by atoms with Gasteiger partial charge in [0.1, 0.15) is 0 Å². The summed E-state index contributed by atoms with van der Waals surface area (Å²) in [5.41, 5.74) is 1.78. The van der Waals surface area contributed by atoms with Crippen LogP contribution in [-0.4, -0.2) is 33.2 Å². The summed E-state index contributed by atoms with van der Waals surface area (Å²) in [6.07, 6.45) is 22.3. The Morgan fingerprint density at radius 2 is 1.10 bits per heavy atom. The molecule has 0 N–H and O–H groups in total. The van der Waals surface area contributed by atoms with Gasteiger partial charge in [-0.15, -0.1) is 0 Å². The lowest BCUT2D eigenvalue weighted by Gasteiger charge is -2.48. The number of hydrogen-bond donors (Lipinski definition) is 0. The third-order valence-corrected chi connectivity index (χ3v) is 14.5. The van der Waals surface area contributed by atoms with Gasteiger partial charge in [0.25, 0.3) is 0 Å². The molecule has 0 atom stereocenters. The van der Waals surface area contributed by atoms with Crippen molar-refractivity contribution in [2.45, 2.75) is 114 Å². The second-order valence-corrected chi connectivity index (χ2v) is 14.5. The Kier molecular flexibility index (Phi) is 12.2. The molecule has 2 aliphatic carbocycles. The van der Waals surface area contributed by atoms with Crippen LogP contribution in [0.5, 0.6) is 0 Å². The quantitative estimate of drug-likeness (QED) is 0.138. The van der Waals surface area contributed by atoms with E-state index in [1.165, 1.54) is 88.4 Å². The molecule has 0 radical (unpaired) electrons. The van der Waals surface area contributed by atoms with E-state index in [0.29, 0.717) is 13.2 Å². The average Bonchev–Trinajstić information content (AvgIpc) is 2.80. The van der Waals surface area contributed by atoms with Crippen molar-refractivity contribution >= 4 is 20.0 Å². The summed E-state index contributed by atoms with van der Waals surface area (Å²) < 4.78 is 10.9. The second kappa shape index (κ2) is 14.7. The Morgan fingerprint density at radius 3 is 1.45 bits per heavy atom. The van der Waals surface area contributed by atoms with E-state index in [-0.39, 0.29) is 11.9 Å². The molecule has 2 aliphatic rings. The van der Waals surface area contributed by atoms with E-state index in [0.717, 1.165) is 23.9 Å². The Hall–Kier alpha value is -1.36. The minimum absolute atomic E-state index is 0.221. The maximum atomic E-state index is 11.7. The molecule has 2 rings (SSSR count). The third-order valence-electron chi connectivity index (χ3n) is 7.50. The molecule has 0 spiro atoms. The van der Waals surface area contributed by atoms with Crippen LogP contribution in [0, 0.1) is 0 Å². The average molecular weight is 449 g/mol. The molecular weight excluding hydrogens is 404 g/mol. The van der Waals surface area contributed by atoms with Crippen LogP contribution >= 0.6 is 0 Å². The predicted octanol–water partition coefficient (Wildman–Crippen LogP) is 7.12. The molecular formula is C26H44O4Si. The second-order valence-electron chi connectivity index (χ2n) is 9.45. The molecule has 0 bridgehead atoms. The summed E-state index contributed by atoms with van der Waals surface area (Å²) >= 11 is 0. The van der Waals surface area contributed by atoms with Gasteiger partial charge in [-0.2, -0.15) is 0 Å². The van der Waals surface area contributed by atoms with Gasteiger partial charge in [-0.3, -0.25) is 0 Å². The maximum Gasteiger partial charge on any atom is 0.330 e. The van der Waals surface area contributed by atoms with Crippen LogP contribution in [0.4, 0.5) is 0 Å². The highest BCUT2D eigenvalue weighted by Crippen LogP contribution is 2.53. The summed E-state index contributed by atoms with van der Waals surface area (Å²) in [6, 6.07) is 2.52. The van der Waals surface area contributed by atoms with Crippen molar-refractivity contribution in [1.29, 1.82) is 0 Å². The van der Waals surface area contributed by atoms with Gasteiger partial charge in [-0.1, -0.05) is 88.4 Å². The molecule has 0 aliphatic heterocycles. The van der Waals surface area contributed by atoms with Crippen LogP contribution < -0.4 is 0 Å². The van der Waals surface area contributed by atoms with Crippen molar-refractivity contribution in [2.75, 3.05) is 13.2 Å². The van der Waals surface area contributed by atoms with Crippen LogP contribution in [0.25, 0.3) is 0 Å². The first-order valence-corrected chi connectivity index (χ1v) is 15.3. The molecule has 0 aromatic heterocycles. The predicted molar refractivity (Wildman–Crippen MR) is 130 cm³/mol. The monoisotopic (exact) mass is 448 g/mol. The van der Waals surface area contributed by atoms with Crippen molar-refractivity contribution in [3.63, 3.8) is 0 Å². The van der Waals surface area contributed by atoms with E-state index < -0.39 is 8.07 Å². The van der Waals surface area contributed by atoms with Crippen LogP contribution in [0.15, 0.2) is 24.3 Å². The molecule has 0 saturated heterocycles. The molecule has 0 aromatic rings. The van der Waals surface area contributed by atoms with Gasteiger partial charge in [-0.25, -0.2) is 9.59 Å². The summed E-state index contributed by atoms with van der Waals surface area (Å²) in [7, 11) is -1.59. The number of rotatable bonds is 12. The number of ether oxygens (including phenoxy) is 2. The highest BCUT2D eigenvalue weighted by Gasteiger charge is 2.46. The van der Waals surface area contributed by atoms with Gasteiger partial charge in [0.2, 0.25) is 0 Å². The summed E-state index contributed by atoms with van der Waals surface area (Å²) in [5, 5.41) is 0. The Bertz CT molecular complexity index is 534. The summed E-state index contributed by atoms with van der Waals surface area (Å²) in [6.45, 7) is 4.75. The van der Waals surface area contributed by atoms with Gasteiger partial charge in [0, 0.05) is 12.2 Å². The number of carbonyl (C=O) groups excluding carboxylic acids is 2. The fourth-order valence-electron chi connectivity index (χ4n) is 6.15. The van der Waals surface area contributed by atoms with E-state index in [1.54, 1.807) is 12.2 Å². The molecule has 5 heteroatoms. The molecule has 4 nitrogen and oxygen atoms in total. The maximum absolute atomic E-state index is 11.7. The highest BCUT2D eigenvalue weighted by molar-refractivity contribution is 6.82. The minimum atomic E-state index is -1.59. The lowest BCUT2D eigenvalue weighted by Crippen LogP contribution is -2.46. The molecule has 0 aromatic carbocycles. The summed E-state index contributed by atoms with van der Waals surface area (Å²) in [4.78, 5) is 23.5. The molecule has 176 valence electrons. The zero-order chi connectivity index (χ0) is 22.4. The highest BCUT2D eigenvalue weighted by atomic mass is 28.3. The van der Waals surface area contributed by atoms with Crippen LogP contribution in [-0.2, 0) is 19.1 Å². The van der Waals surface area contributed by atoms with E-state index >= 15 is 0 Å². The molecule has 0 amide bonds. The Labute approximate surface area is 190 Å². The first-order chi connectivity index (χ1) is 15.1. The normalized spacial score (nSPS) is 19.2. The van der Waals surface area contributed by atoms with E-state index in [4.69, 9.17) is 9.47 Å². The smallest absolute Gasteiger partial charge is 0.330 e. The third kappa shape index (κ3) is 8.59. The van der Waals surface area contributed by atoms with Crippen molar-refractivity contribution < 1.29 is 19.1 Å². The van der Waals surface area contributed by atoms with Gasteiger partial charge >= 0.3 is 11.9 Å². The SMILES string of the molecule is CC=CC(=O)OCCC[Si](CCCOC(=O)C=CC)(C1CCCCC1)C1CCCCC1. The number of esters is 2. The molecule has 2 saturated carbocycles. The topological polar surface area (TPSA) is 52.6 Å².